The zero-order valence-electron chi connectivity index (χ0n) is 13.8. The van der Waals surface area contributed by atoms with Gasteiger partial charge in [0, 0.05) is 6.20 Å². The highest BCUT2D eigenvalue weighted by Crippen LogP contribution is 2.42. The molecule has 2 heterocycles. The van der Waals surface area contributed by atoms with Gasteiger partial charge in [-0.1, -0.05) is 13.8 Å². The number of hydrogen-bond acceptors (Lipinski definition) is 6. The Bertz CT molecular complexity index is 636. The third-order valence-corrected chi connectivity index (χ3v) is 5.47. The van der Waals surface area contributed by atoms with Crippen molar-refractivity contribution in [1.29, 1.82) is 0 Å². The molecule has 2 rings (SSSR count). The minimum atomic E-state index is -0.547. The molecule has 0 aliphatic carbocycles. The summed E-state index contributed by atoms with van der Waals surface area (Å²) < 4.78 is 6.05. The summed E-state index contributed by atoms with van der Waals surface area (Å²) >= 11 is 3.26. The highest BCUT2D eigenvalue weighted by molar-refractivity contribution is 8.22. The van der Waals surface area contributed by atoms with Gasteiger partial charge in [-0.15, -0.1) is 23.5 Å². The van der Waals surface area contributed by atoms with Gasteiger partial charge in [0.05, 0.1) is 16.5 Å². The molecule has 6 heteroatoms. The summed E-state index contributed by atoms with van der Waals surface area (Å²) in [5.41, 5.74) is 2.33. The van der Waals surface area contributed by atoms with Crippen LogP contribution in [0.2, 0.25) is 0 Å². The predicted octanol–water partition coefficient (Wildman–Crippen LogP) is 3.84. The number of carbonyl (C=O) groups is 2. The second kappa shape index (κ2) is 7.93. The molecular formula is C17H21NO3S2. The zero-order valence-corrected chi connectivity index (χ0v) is 15.5. The van der Waals surface area contributed by atoms with E-state index in [0.29, 0.717) is 11.4 Å². The Kier molecular flexibility index (Phi) is 6.18. The fourth-order valence-corrected chi connectivity index (χ4v) is 4.59. The maximum Gasteiger partial charge on any atom is 0.344 e. The SMILES string of the molecule is CCOC(=O)C1=C2C=C(C)C=CN2C(=C(SCC)SCC)C1=O. The van der Waals surface area contributed by atoms with Gasteiger partial charge in [0.1, 0.15) is 11.3 Å². The van der Waals surface area contributed by atoms with Crippen molar-refractivity contribution in [2.75, 3.05) is 18.1 Å². The van der Waals surface area contributed by atoms with Crippen LogP contribution in [0.4, 0.5) is 0 Å². The largest absolute Gasteiger partial charge is 0.462 e. The molecule has 23 heavy (non-hydrogen) atoms. The van der Waals surface area contributed by atoms with Crippen molar-refractivity contribution in [1.82, 2.24) is 4.90 Å². The van der Waals surface area contributed by atoms with Gasteiger partial charge in [-0.25, -0.2) is 4.79 Å². The highest BCUT2D eigenvalue weighted by atomic mass is 32.2. The number of allylic oxidation sites excluding steroid dienone is 4. The predicted molar refractivity (Wildman–Crippen MR) is 96.7 cm³/mol. The zero-order chi connectivity index (χ0) is 17.0. The smallest absolute Gasteiger partial charge is 0.344 e. The molecular weight excluding hydrogens is 330 g/mol. The second-order valence-corrected chi connectivity index (χ2v) is 7.69. The Morgan fingerprint density at radius 1 is 1.22 bits per heavy atom. The van der Waals surface area contributed by atoms with Crippen LogP contribution in [0.25, 0.3) is 0 Å². The average Bonchev–Trinajstić information content (AvgIpc) is 2.78. The van der Waals surface area contributed by atoms with Crippen LogP contribution in [0.3, 0.4) is 0 Å². The number of carbonyl (C=O) groups excluding carboxylic acids is 2. The number of thioether (sulfide) groups is 2. The Morgan fingerprint density at radius 3 is 2.43 bits per heavy atom. The van der Waals surface area contributed by atoms with Crippen molar-refractivity contribution < 1.29 is 14.3 Å². The molecule has 0 saturated carbocycles. The van der Waals surface area contributed by atoms with E-state index >= 15 is 0 Å². The topological polar surface area (TPSA) is 46.6 Å². The minimum absolute atomic E-state index is 0.136. The van der Waals surface area contributed by atoms with E-state index in [-0.39, 0.29) is 18.0 Å². The fourth-order valence-electron chi connectivity index (χ4n) is 2.37. The van der Waals surface area contributed by atoms with E-state index in [4.69, 9.17) is 4.74 Å². The van der Waals surface area contributed by atoms with Crippen LogP contribution in [0.1, 0.15) is 27.7 Å². The van der Waals surface area contributed by atoms with Gasteiger partial charge in [-0.3, -0.25) is 4.79 Å². The molecule has 0 fully saturated rings. The van der Waals surface area contributed by atoms with Crippen molar-refractivity contribution in [2.24, 2.45) is 0 Å². The highest BCUT2D eigenvalue weighted by Gasteiger charge is 2.40. The van der Waals surface area contributed by atoms with E-state index in [1.54, 1.807) is 30.4 Å². The third-order valence-electron chi connectivity index (χ3n) is 3.27. The first-order valence-electron chi connectivity index (χ1n) is 7.66. The number of Topliss-reactive ketones (excluding diaryl/α,β-unsaturated/α-hetero) is 1. The van der Waals surface area contributed by atoms with Crippen LogP contribution in [0, 0.1) is 0 Å². The summed E-state index contributed by atoms with van der Waals surface area (Å²) in [5, 5.41) is 0. The summed E-state index contributed by atoms with van der Waals surface area (Å²) in [6.45, 7) is 8.04. The van der Waals surface area contributed by atoms with E-state index in [9.17, 15) is 9.59 Å². The van der Waals surface area contributed by atoms with E-state index in [1.165, 1.54) is 0 Å². The van der Waals surface area contributed by atoms with Crippen LogP contribution in [0.15, 0.2) is 45.1 Å². The Labute approximate surface area is 145 Å². The molecule has 0 aromatic carbocycles. The van der Waals surface area contributed by atoms with Crippen molar-refractivity contribution in [3.8, 4) is 0 Å². The van der Waals surface area contributed by atoms with Gasteiger partial charge in [-0.05, 0) is 43.1 Å². The summed E-state index contributed by atoms with van der Waals surface area (Å²) in [6.07, 6.45) is 5.66. The number of nitrogens with zero attached hydrogens (tertiary/aromatic N) is 1. The van der Waals surface area contributed by atoms with E-state index in [1.807, 2.05) is 30.2 Å². The van der Waals surface area contributed by atoms with Crippen LogP contribution in [-0.4, -0.2) is 34.8 Å². The summed E-state index contributed by atoms with van der Waals surface area (Å²) in [4.78, 5) is 27.0. The first-order chi connectivity index (χ1) is 11.0. The lowest BCUT2D eigenvalue weighted by Crippen LogP contribution is -2.16. The van der Waals surface area contributed by atoms with Crippen LogP contribution >= 0.6 is 23.5 Å². The molecule has 4 nitrogen and oxygen atoms in total. The quantitative estimate of drug-likeness (QED) is 0.412. The third kappa shape index (κ3) is 3.58. The maximum absolute atomic E-state index is 12.9. The normalized spacial score (nSPS) is 16.7. The van der Waals surface area contributed by atoms with E-state index in [2.05, 4.69) is 13.8 Å². The van der Waals surface area contributed by atoms with Crippen molar-refractivity contribution in [3.05, 3.63) is 45.1 Å². The van der Waals surface area contributed by atoms with Crippen molar-refractivity contribution in [2.45, 2.75) is 27.7 Å². The van der Waals surface area contributed by atoms with Gasteiger partial charge in [0.15, 0.2) is 0 Å². The molecule has 0 aromatic rings. The van der Waals surface area contributed by atoms with Gasteiger partial charge < -0.3 is 9.64 Å². The molecule has 124 valence electrons. The molecule has 2 aliphatic heterocycles. The Balaban J connectivity index is 2.56. The summed E-state index contributed by atoms with van der Waals surface area (Å²) in [6, 6.07) is 0. The summed E-state index contributed by atoms with van der Waals surface area (Å²) in [7, 11) is 0. The van der Waals surface area contributed by atoms with Gasteiger partial charge in [0.25, 0.3) is 0 Å². The molecule has 0 N–H and O–H groups in total. The molecule has 0 spiro atoms. The van der Waals surface area contributed by atoms with Crippen LogP contribution < -0.4 is 0 Å². The molecule has 0 bridgehead atoms. The molecule has 0 radical (unpaired) electrons. The van der Waals surface area contributed by atoms with Crippen molar-refractivity contribution in [3.63, 3.8) is 0 Å². The van der Waals surface area contributed by atoms with Gasteiger partial charge in [-0.2, -0.15) is 0 Å². The molecule has 0 aromatic heterocycles. The molecule has 2 aliphatic rings. The number of fused-ring (bicyclic) bond motifs is 1. The van der Waals surface area contributed by atoms with Gasteiger partial charge >= 0.3 is 5.97 Å². The van der Waals surface area contributed by atoms with Crippen LogP contribution in [-0.2, 0) is 14.3 Å². The minimum Gasteiger partial charge on any atom is -0.462 e. The molecule has 0 unspecified atom stereocenters. The van der Waals surface area contributed by atoms with Crippen molar-refractivity contribution >= 4 is 35.3 Å². The number of rotatable bonds is 6. The van der Waals surface area contributed by atoms with Crippen LogP contribution in [0.5, 0.6) is 0 Å². The lowest BCUT2D eigenvalue weighted by molar-refractivity contribution is -0.139. The molecule has 0 atom stereocenters. The maximum atomic E-state index is 12.9. The molecule has 0 amide bonds. The first kappa shape index (κ1) is 17.9. The summed E-state index contributed by atoms with van der Waals surface area (Å²) in [5.74, 6) is 0.950. The number of esters is 1. The standard InChI is InChI=1S/C17H21NO3S2/c1-5-21-16(20)13-12-10-11(4)8-9-18(12)14(15(13)19)17(22-6-2)23-7-3/h8-10H,5-7H2,1-4H3. The fraction of sp³-hybridized carbons (Fsp3) is 0.412. The first-order valence-corrected chi connectivity index (χ1v) is 9.63. The lowest BCUT2D eigenvalue weighted by Gasteiger charge is -2.22. The molecule has 0 saturated heterocycles. The average molecular weight is 351 g/mol. The second-order valence-electron chi connectivity index (χ2n) is 4.89. The lowest BCUT2D eigenvalue weighted by atomic mass is 10.1. The number of ketones is 1. The number of hydrogen-bond donors (Lipinski definition) is 0. The monoisotopic (exact) mass is 351 g/mol. The number of ether oxygens (including phenoxy) is 1. The van der Waals surface area contributed by atoms with Gasteiger partial charge in [0.2, 0.25) is 5.78 Å². The Hall–Kier alpha value is -1.40. The Morgan fingerprint density at radius 2 is 1.87 bits per heavy atom. The van der Waals surface area contributed by atoms with E-state index < -0.39 is 5.97 Å². The van der Waals surface area contributed by atoms with E-state index in [0.717, 1.165) is 21.3 Å².